The van der Waals surface area contributed by atoms with Gasteiger partial charge in [0.25, 0.3) is 0 Å². The fourth-order valence-electron chi connectivity index (χ4n) is 1.82. The Morgan fingerprint density at radius 1 is 1.35 bits per heavy atom. The first-order chi connectivity index (χ1) is 9.36. The van der Waals surface area contributed by atoms with E-state index in [4.69, 9.17) is 0 Å². The van der Waals surface area contributed by atoms with E-state index in [0.29, 0.717) is 6.42 Å². The standard InChI is InChI=1S/C18H24O2/c1-5-18(4,13-11-17(20)14(2)3)12-10-15-6-8-16(19)9-7-15/h5-10,12,17,19-20H,1-2,11,13H2,3-4H3/b12-10+/t17-,18+/m1/s1. The SMILES string of the molecule is C=C[C@@](C)(/C=C/c1ccc(O)cc1)CC[C@@H](O)C(=C)C. The lowest BCUT2D eigenvalue weighted by Crippen LogP contribution is -2.15. The second-order valence-electron chi connectivity index (χ2n) is 5.54. The average Bonchev–Trinajstić information content (AvgIpc) is 2.44. The van der Waals surface area contributed by atoms with Crippen molar-refractivity contribution in [2.24, 2.45) is 5.41 Å². The molecule has 0 aliphatic carbocycles. The van der Waals surface area contributed by atoms with Crippen LogP contribution in [0.5, 0.6) is 5.75 Å². The zero-order valence-electron chi connectivity index (χ0n) is 12.3. The molecule has 0 amide bonds. The van der Waals surface area contributed by atoms with Crippen LogP contribution in [-0.4, -0.2) is 16.3 Å². The summed E-state index contributed by atoms with van der Waals surface area (Å²) in [4.78, 5) is 0. The van der Waals surface area contributed by atoms with E-state index in [2.05, 4.69) is 26.2 Å². The Morgan fingerprint density at radius 3 is 2.45 bits per heavy atom. The summed E-state index contributed by atoms with van der Waals surface area (Å²) < 4.78 is 0. The highest BCUT2D eigenvalue weighted by Crippen LogP contribution is 2.29. The third-order valence-corrected chi connectivity index (χ3v) is 3.54. The van der Waals surface area contributed by atoms with Gasteiger partial charge in [0.15, 0.2) is 0 Å². The van der Waals surface area contributed by atoms with Gasteiger partial charge in [-0.1, -0.05) is 49.4 Å². The van der Waals surface area contributed by atoms with Crippen LogP contribution in [0.2, 0.25) is 0 Å². The maximum absolute atomic E-state index is 9.82. The third-order valence-electron chi connectivity index (χ3n) is 3.54. The second-order valence-corrected chi connectivity index (χ2v) is 5.54. The van der Waals surface area contributed by atoms with Crippen molar-refractivity contribution in [2.45, 2.75) is 32.8 Å². The topological polar surface area (TPSA) is 40.5 Å². The number of aliphatic hydroxyl groups excluding tert-OH is 1. The number of phenolic OH excluding ortho intramolecular Hbond substituents is 1. The molecule has 0 unspecified atom stereocenters. The predicted octanol–water partition coefficient (Wildman–Crippen LogP) is 4.31. The molecule has 0 aliphatic rings. The number of aromatic hydroxyl groups is 1. The van der Waals surface area contributed by atoms with Crippen LogP contribution in [-0.2, 0) is 0 Å². The first kappa shape index (κ1) is 16.3. The molecule has 1 rings (SSSR count). The minimum Gasteiger partial charge on any atom is -0.508 e. The highest BCUT2D eigenvalue weighted by Gasteiger charge is 2.18. The highest BCUT2D eigenvalue weighted by molar-refractivity contribution is 5.51. The molecule has 0 spiro atoms. The zero-order valence-corrected chi connectivity index (χ0v) is 12.3. The Balaban J connectivity index is 2.71. The molecule has 2 heteroatoms. The van der Waals surface area contributed by atoms with Gasteiger partial charge in [-0.3, -0.25) is 0 Å². The summed E-state index contributed by atoms with van der Waals surface area (Å²) in [6.07, 6.45) is 6.99. The molecule has 0 saturated heterocycles. The van der Waals surface area contributed by atoms with Crippen LogP contribution in [0.25, 0.3) is 6.08 Å². The largest absolute Gasteiger partial charge is 0.508 e. The quantitative estimate of drug-likeness (QED) is 0.726. The number of hydrogen-bond donors (Lipinski definition) is 2. The number of rotatable bonds is 7. The lowest BCUT2D eigenvalue weighted by Gasteiger charge is -2.23. The van der Waals surface area contributed by atoms with Gasteiger partial charge in [0.2, 0.25) is 0 Å². The van der Waals surface area contributed by atoms with E-state index in [9.17, 15) is 10.2 Å². The number of benzene rings is 1. The van der Waals surface area contributed by atoms with Crippen molar-refractivity contribution >= 4 is 6.08 Å². The summed E-state index contributed by atoms with van der Waals surface area (Å²) >= 11 is 0. The van der Waals surface area contributed by atoms with Gasteiger partial charge in [-0.05, 0) is 37.5 Å². The van der Waals surface area contributed by atoms with Crippen molar-refractivity contribution in [3.63, 3.8) is 0 Å². The summed E-state index contributed by atoms with van der Waals surface area (Å²) in [5.74, 6) is 0.262. The number of hydrogen-bond acceptors (Lipinski definition) is 2. The molecule has 0 aliphatic heterocycles. The molecule has 0 aromatic heterocycles. The van der Waals surface area contributed by atoms with Crippen molar-refractivity contribution in [3.8, 4) is 5.75 Å². The highest BCUT2D eigenvalue weighted by atomic mass is 16.3. The lowest BCUT2D eigenvalue weighted by molar-refractivity contribution is 0.187. The second kappa shape index (κ2) is 7.11. The Labute approximate surface area is 121 Å². The first-order valence-electron chi connectivity index (χ1n) is 6.81. The van der Waals surface area contributed by atoms with E-state index in [0.717, 1.165) is 17.6 Å². The lowest BCUT2D eigenvalue weighted by atomic mass is 9.83. The number of aliphatic hydroxyl groups is 1. The van der Waals surface area contributed by atoms with Crippen LogP contribution in [0.4, 0.5) is 0 Å². The van der Waals surface area contributed by atoms with Gasteiger partial charge in [0.05, 0.1) is 6.10 Å². The van der Waals surface area contributed by atoms with Crippen molar-refractivity contribution < 1.29 is 10.2 Å². The number of allylic oxidation sites excluding steroid dienone is 2. The molecule has 1 aromatic rings. The molecule has 2 N–H and O–H groups in total. The van der Waals surface area contributed by atoms with Crippen LogP contribution in [0, 0.1) is 5.41 Å². The molecule has 0 fully saturated rings. The van der Waals surface area contributed by atoms with E-state index >= 15 is 0 Å². The van der Waals surface area contributed by atoms with Crippen LogP contribution in [0.1, 0.15) is 32.3 Å². The van der Waals surface area contributed by atoms with Crippen LogP contribution < -0.4 is 0 Å². The summed E-state index contributed by atoms with van der Waals surface area (Å²) in [5.41, 5.74) is 1.64. The van der Waals surface area contributed by atoms with Gasteiger partial charge >= 0.3 is 0 Å². The third kappa shape index (κ3) is 5.06. The van der Waals surface area contributed by atoms with Crippen molar-refractivity contribution in [1.29, 1.82) is 0 Å². The van der Waals surface area contributed by atoms with Gasteiger partial charge in [0.1, 0.15) is 5.75 Å². The van der Waals surface area contributed by atoms with Gasteiger partial charge in [-0.15, -0.1) is 6.58 Å². The average molecular weight is 272 g/mol. The monoisotopic (exact) mass is 272 g/mol. The van der Waals surface area contributed by atoms with E-state index in [1.165, 1.54) is 0 Å². The molecular weight excluding hydrogens is 248 g/mol. The van der Waals surface area contributed by atoms with Crippen LogP contribution in [0.15, 0.2) is 55.1 Å². The molecule has 2 nitrogen and oxygen atoms in total. The molecular formula is C18H24O2. The molecule has 20 heavy (non-hydrogen) atoms. The van der Waals surface area contributed by atoms with Crippen molar-refractivity contribution in [2.75, 3.05) is 0 Å². The molecule has 0 radical (unpaired) electrons. The molecule has 0 saturated carbocycles. The summed E-state index contributed by atoms with van der Waals surface area (Å²) in [5, 5.41) is 19.1. The Morgan fingerprint density at radius 2 is 1.95 bits per heavy atom. The molecule has 1 aromatic carbocycles. The Hall–Kier alpha value is -1.80. The fraction of sp³-hybridized carbons (Fsp3) is 0.333. The van der Waals surface area contributed by atoms with E-state index in [-0.39, 0.29) is 11.2 Å². The number of phenols is 1. The van der Waals surface area contributed by atoms with E-state index < -0.39 is 6.10 Å². The van der Waals surface area contributed by atoms with Crippen LogP contribution in [0.3, 0.4) is 0 Å². The van der Waals surface area contributed by atoms with Gasteiger partial charge in [-0.2, -0.15) is 0 Å². The Kier molecular flexibility index (Phi) is 5.78. The molecule has 0 bridgehead atoms. The summed E-state index contributed by atoms with van der Waals surface area (Å²) in [6, 6.07) is 7.04. The van der Waals surface area contributed by atoms with E-state index in [1.54, 1.807) is 12.1 Å². The smallest absolute Gasteiger partial charge is 0.115 e. The van der Waals surface area contributed by atoms with Crippen molar-refractivity contribution in [1.82, 2.24) is 0 Å². The molecule has 108 valence electrons. The van der Waals surface area contributed by atoms with Gasteiger partial charge in [-0.25, -0.2) is 0 Å². The van der Waals surface area contributed by atoms with E-state index in [1.807, 2.05) is 31.2 Å². The summed E-state index contributed by atoms with van der Waals surface area (Å²) in [6.45, 7) is 11.6. The van der Waals surface area contributed by atoms with Crippen LogP contribution >= 0.6 is 0 Å². The fourth-order valence-corrected chi connectivity index (χ4v) is 1.82. The summed E-state index contributed by atoms with van der Waals surface area (Å²) in [7, 11) is 0. The maximum Gasteiger partial charge on any atom is 0.115 e. The predicted molar refractivity (Wildman–Crippen MR) is 85.5 cm³/mol. The normalized spacial score (nSPS) is 15.8. The first-order valence-corrected chi connectivity index (χ1v) is 6.81. The van der Waals surface area contributed by atoms with Gasteiger partial charge < -0.3 is 10.2 Å². The maximum atomic E-state index is 9.82. The zero-order chi connectivity index (χ0) is 15.2. The minimum absolute atomic E-state index is 0.172. The minimum atomic E-state index is -0.462. The Bertz CT molecular complexity index is 485. The molecule has 2 atom stereocenters. The van der Waals surface area contributed by atoms with Gasteiger partial charge in [0, 0.05) is 5.41 Å². The molecule has 0 heterocycles. The van der Waals surface area contributed by atoms with Crippen molar-refractivity contribution in [3.05, 3.63) is 60.7 Å².